The van der Waals surface area contributed by atoms with Gasteiger partial charge in [-0.05, 0) is 42.8 Å². The molecule has 0 saturated carbocycles. The summed E-state index contributed by atoms with van der Waals surface area (Å²) < 4.78 is 39.8. The second-order valence-corrected chi connectivity index (χ2v) is 7.08. The number of benzene rings is 2. The van der Waals surface area contributed by atoms with Gasteiger partial charge >= 0.3 is 12.3 Å². The van der Waals surface area contributed by atoms with E-state index < -0.39 is 41.6 Å². The van der Waals surface area contributed by atoms with Crippen molar-refractivity contribution in [3.63, 3.8) is 0 Å². The van der Waals surface area contributed by atoms with Gasteiger partial charge in [0.2, 0.25) is 5.91 Å². The lowest BCUT2D eigenvalue weighted by Gasteiger charge is -2.17. The maximum atomic E-state index is 13.3. The number of carbonyl (C=O) groups is 3. The number of hydrogen-bond donors (Lipinski definition) is 3. The van der Waals surface area contributed by atoms with Gasteiger partial charge in [-0.25, -0.2) is 4.79 Å². The van der Waals surface area contributed by atoms with Crippen LogP contribution < -0.4 is 10.6 Å². The molecule has 0 fully saturated rings. The van der Waals surface area contributed by atoms with E-state index in [-0.39, 0.29) is 16.8 Å². The fourth-order valence-electron chi connectivity index (χ4n) is 3.16. The minimum atomic E-state index is -4.72. The number of aromatic nitrogens is 1. The molecule has 0 unspecified atom stereocenters. The number of amides is 2. The Balaban J connectivity index is 1.82. The highest BCUT2D eigenvalue weighted by Gasteiger charge is 2.33. The highest BCUT2D eigenvalue weighted by molar-refractivity contribution is 6.12. The van der Waals surface area contributed by atoms with Gasteiger partial charge in [-0.2, -0.15) is 13.2 Å². The van der Waals surface area contributed by atoms with E-state index in [9.17, 15) is 27.6 Å². The molecule has 2 aromatic carbocycles. The number of hydrogen-bond acceptors (Lipinski definition) is 4. The maximum Gasteiger partial charge on any atom is 0.416 e. The van der Waals surface area contributed by atoms with E-state index >= 15 is 0 Å². The quantitative estimate of drug-likeness (QED) is 0.340. The third-order valence-corrected chi connectivity index (χ3v) is 4.65. The van der Waals surface area contributed by atoms with Crippen LogP contribution in [0.5, 0.6) is 0 Å². The lowest BCUT2D eigenvalue weighted by Crippen LogP contribution is -2.20. The zero-order chi connectivity index (χ0) is 24.2. The predicted octanol–water partition coefficient (Wildman–Crippen LogP) is 5.38. The summed E-state index contributed by atoms with van der Waals surface area (Å²) in [5.74, 6) is -1.46. The molecule has 3 aromatic rings. The van der Waals surface area contributed by atoms with Crippen LogP contribution in [0.15, 0.2) is 60.8 Å². The molecule has 0 bridgehead atoms. The van der Waals surface area contributed by atoms with Crippen LogP contribution in [-0.2, 0) is 11.0 Å². The van der Waals surface area contributed by atoms with E-state index in [4.69, 9.17) is 5.11 Å². The standard InChI is InChI=1S/C23H18F3N3O4/c1-13-9-18(29-22(32)33)19(11-16(13)23(24,25)26)28-21(31)12-20(30)15-6-4-5-14(10-15)17-7-2-3-8-27-17/h2-11,29H,12H2,1H3,(H,28,31)(H,32,33). The highest BCUT2D eigenvalue weighted by atomic mass is 19.4. The fourth-order valence-corrected chi connectivity index (χ4v) is 3.16. The summed E-state index contributed by atoms with van der Waals surface area (Å²) in [7, 11) is 0. The second kappa shape index (κ2) is 9.51. The summed E-state index contributed by atoms with van der Waals surface area (Å²) in [6.45, 7) is 1.17. The zero-order valence-corrected chi connectivity index (χ0v) is 17.2. The summed E-state index contributed by atoms with van der Waals surface area (Å²) >= 11 is 0. The SMILES string of the molecule is Cc1cc(NC(=O)O)c(NC(=O)CC(=O)c2cccc(-c3ccccn3)c2)cc1C(F)(F)F. The van der Waals surface area contributed by atoms with Gasteiger partial charge in [0.05, 0.1) is 29.1 Å². The molecular formula is C23H18F3N3O4. The molecule has 33 heavy (non-hydrogen) atoms. The molecule has 1 heterocycles. The average molecular weight is 457 g/mol. The molecular weight excluding hydrogens is 439 g/mol. The molecule has 0 aliphatic heterocycles. The predicted molar refractivity (Wildman–Crippen MR) is 115 cm³/mol. The van der Waals surface area contributed by atoms with Gasteiger partial charge in [-0.15, -0.1) is 0 Å². The molecule has 0 atom stereocenters. The first kappa shape index (κ1) is 23.5. The van der Waals surface area contributed by atoms with E-state index in [0.29, 0.717) is 17.3 Å². The highest BCUT2D eigenvalue weighted by Crippen LogP contribution is 2.37. The number of halogens is 3. The van der Waals surface area contributed by atoms with Gasteiger partial charge < -0.3 is 10.4 Å². The minimum Gasteiger partial charge on any atom is -0.465 e. The first-order chi connectivity index (χ1) is 15.5. The summed E-state index contributed by atoms with van der Waals surface area (Å²) in [6, 6.07) is 13.3. The van der Waals surface area contributed by atoms with Crippen LogP contribution in [0.2, 0.25) is 0 Å². The third kappa shape index (κ3) is 5.94. The van der Waals surface area contributed by atoms with Crippen molar-refractivity contribution in [2.45, 2.75) is 19.5 Å². The molecule has 0 radical (unpaired) electrons. The number of carboxylic acid groups (broad SMARTS) is 1. The Bertz CT molecular complexity index is 1210. The van der Waals surface area contributed by atoms with Crippen molar-refractivity contribution in [2.75, 3.05) is 10.6 Å². The number of nitrogens with zero attached hydrogens (tertiary/aromatic N) is 1. The van der Waals surface area contributed by atoms with Gasteiger partial charge in [0.15, 0.2) is 5.78 Å². The second-order valence-electron chi connectivity index (χ2n) is 7.08. The molecule has 10 heteroatoms. The van der Waals surface area contributed by atoms with Gasteiger partial charge in [0.1, 0.15) is 0 Å². The van der Waals surface area contributed by atoms with Crippen LogP contribution in [0.25, 0.3) is 11.3 Å². The van der Waals surface area contributed by atoms with Gasteiger partial charge in [-0.1, -0.05) is 24.3 Å². The van der Waals surface area contributed by atoms with Gasteiger partial charge in [0.25, 0.3) is 0 Å². The lowest BCUT2D eigenvalue weighted by molar-refractivity contribution is -0.138. The van der Waals surface area contributed by atoms with Crippen LogP contribution in [0.1, 0.15) is 27.9 Å². The first-order valence-electron chi connectivity index (χ1n) is 9.61. The molecule has 0 aliphatic carbocycles. The number of aryl methyl sites for hydroxylation is 1. The topological polar surface area (TPSA) is 108 Å². The molecule has 3 rings (SSSR count). The Morgan fingerprint density at radius 3 is 2.33 bits per heavy atom. The number of rotatable bonds is 6. The van der Waals surface area contributed by atoms with Crippen molar-refractivity contribution in [1.29, 1.82) is 0 Å². The normalized spacial score (nSPS) is 11.0. The van der Waals surface area contributed by atoms with E-state index in [1.165, 1.54) is 13.0 Å². The van der Waals surface area contributed by atoms with Crippen molar-refractivity contribution >= 4 is 29.2 Å². The summed E-state index contributed by atoms with van der Waals surface area (Å²) in [5, 5.41) is 13.1. The fraction of sp³-hybridized carbons (Fsp3) is 0.130. The van der Waals surface area contributed by atoms with Crippen LogP contribution in [0, 0.1) is 6.92 Å². The average Bonchev–Trinajstić information content (AvgIpc) is 2.75. The van der Waals surface area contributed by atoms with E-state index in [1.807, 2.05) is 5.32 Å². The molecule has 3 N–H and O–H groups in total. The molecule has 170 valence electrons. The van der Waals surface area contributed by atoms with Crippen LogP contribution in [0.4, 0.5) is 29.3 Å². The monoisotopic (exact) mass is 457 g/mol. The zero-order valence-electron chi connectivity index (χ0n) is 17.2. The van der Waals surface area contributed by atoms with Crippen molar-refractivity contribution in [3.8, 4) is 11.3 Å². The largest absolute Gasteiger partial charge is 0.465 e. The number of pyridine rings is 1. The van der Waals surface area contributed by atoms with Crippen molar-refractivity contribution in [3.05, 3.63) is 77.5 Å². The number of nitrogens with one attached hydrogen (secondary N) is 2. The summed E-state index contributed by atoms with van der Waals surface area (Å²) in [4.78, 5) is 40.2. The maximum absolute atomic E-state index is 13.3. The number of alkyl halides is 3. The van der Waals surface area contributed by atoms with E-state index in [2.05, 4.69) is 10.3 Å². The van der Waals surface area contributed by atoms with Crippen molar-refractivity contribution in [2.24, 2.45) is 0 Å². The minimum absolute atomic E-state index is 0.220. The summed E-state index contributed by atoms with van der Waals surface area (Å²) in [5.41, 5.74) is -0.420. The molecule has 0 saturated heterocycles. The number of Topliss-reactive ketones (excluding diaryl/α,β-unsaturated/α-hetero) is 1. The van der Waals surface area contributed by atoms with Crippen LogP contribution >= 0.6 is 0 Å². The summed E-state index contributed by atoms with van der Waals surface area (Å²) in [6.07, 6.45) is -5.30. The molecule has 0 spiro atoms. The molecule has 7 nitrogen and oxygen atoms in total. The van der Waals surface area contributed by atoms with E-state index in [1.54, 1.807) is 42.6 Å². The Labute approximate surface area is 186 Å². The van der Waals surface area contributed by atoms with E-state index in [0.717, 1.165) is 6.07 Å². The molecule has 2 amide bonds. The van der Waals surface area contributed by atoms with Crippen LogP contribution in [0.3, 0.4) is 0 Å². The van der Waals surface area contributed by atoms with Crippen LogP contribution in [-0.4, -0.2) is 27.9 Å². The van der Waals surface area contributed by atoms with Gasteiger partial charge in [-0.3, -0.25) is 19.9 Å². The number of carbonyl (C=O) groups excluding carboxylic acids is 2. The smallest absolute Gasteiger partial charge is 0.416 e. The molecule has 1 aromatic heterocycles. The Morgan fingerprint density at radius 2 is 1.70 bits per heavy atom. The number of ketones is 1. The Morgan fingerprint density at radius 1 is 0.970 bits per heavy atom. The Hall–Kier alpha value is -4.21. The molecule has 0 aliphatic rings. The lowest BCUT2D eigenvalue weighted by atomic mass is 10.0. The first-order valence-corrected chi connectivity index (χ1v) is 9.61. The number of anilines is 2. The Kier molecular flexibility index (Phi) is 6.76. The van der Waals surface area contributed by atoms with Crippen molar-refractivity contribution in [1.82, 2.24) is 4.98 Å². The third-order valence-electron chi connectivity index (χ3n) is 4.65. The van der Waals surface area contributed by atoms with Crippen molar-refractivity contribution < 1.29 is 32.7 Å². The van der Waals surface area contributed by atoms with Gasteiger partial charge in [0, 0.05) is 17.3 Å².